The third-order valence-electron chi connectivity index (χ3n) is 6.13. The number of hydrogen-bond acceptors (Lipinski definition) is 4. The minimum atomic E-state index is -0.344. The van der Waals surface area contributed by atoms with E-state index >= 15 is 0 Å². The molecule has 4 nitrogen and oxygen atoms in total. The summed E-state index contributed by atoms with van der Waals surface area (Å²) in [5, 5.41) is 0. The molecule has 0 spiro atoms. The Morgan fingerprint density at radius 3 is 1.70 bits per heavy atom. The molecule has 0 atom stereocenters. The topological polar surface area (TPSA) is 36.9 Å². The average molecular weight is 374 g/mol. The maximum absolute atomic E-state index is 6.19. The van der Waals surface area contributed by atoms with Crippen molar-refractivity contribution in [2.75, 3.05) is 0 Å². The van der Waals surface area contributed by atoms with Gasteiger partial charge in [0.15, 0.2) is 0 Å². The highest BCUT2D eigenvalue weighted by molar-refractivity contribution is 6.55. The Bertz CT molecular complexity index is 586. The largest absolute Gasteiger partial charge is 0.494 e. The second kappa shape index (κ2) is 7.90. The van der Waals surface area contributed by atoms with Crippen molar-refractivity contribution in [3.8, 4) is 0 Å². The molecule has 0 N–H and O–H groups in total. The van der Waals surface area contributed by atoms with Crippen molar-refractivity contribution in [2.45, 2.75) is 97.6 Å². The zero-order valence-electron chi connectivity index (χ0n) is 18.6. The van der Waals surface area contributed by atoms with E-state index in [9.17, 15) is 0 Å². The molecule has 150 valence electrons. The Hall–Kier alpha value is -0.810. The highest BCUT2D eigenvalue weighted by atomic mass is 16.7. The van der Waals surface area contributed by atoms with Crippen molar-refractivity contribution in [3.63, 3.8) is 0 Å². The molecule has 0 aromatic carbocycles. The van der Waals surface area contributed by atoms with Crippen LogP contribution in [0.5, 0.6) is 0 Å². The molecule has 0 unspecified atom stereocenters. The van der Waals surface area contributed by atoms with E-state index in [1.54, 1.807) is 0 Å². The van der Waals surface area contributed by atoms with Crippen molar-refractivity contribution in [2.24, 2.45) is 0 Å². The van der Waals surface area contributed by atoms with Crippen LogP contribution in [-0.4, -0.2) is 36.6 Å². The summed E-state index contributed by atoms with van der Waals surface area (Å²) in [6, 6.07) is 0. The van der Waals surface area contributed by atoms with Crippen molar-refractivity contribution < 1.29 is 18.6 Å². The molecule has 0 aliphatic carbocycles. The van der Waals surface area contributed by atoms with E-state index in [2.05, 4.69) is 74.5 Å². The lowest BCUT2D eigenvalue weighted by molar-refractivity contribution is 0.00578. The van der Waals surface area contributed by atoms with E-state index in [-0.39, 0.29) is 36.6 Å². The molecule has 0 saturated carbocycles. The normalized spacial score (nSPS) is 26.6. The lowest BCUT2D eigenvalue weighted by Gasteiger charge is -2.32. The fraction of sp³-hybridized carbons (Fsp3) is 0.714. The SMILES string of the molecule is CCC\C=C(/C=C/C=C/B1OC(C)(C)C(C)(C)O1)B1OC(C)(C)C(C)(C)O1. The lowest BCUT2D eigenvalue weighted by Crippen LogP contribution is -2.41. The molecule has 0 amide bonds. The first-order chi connectivity index (χ1) is 12.3. The van der Waals surface area contributed by atoms with E-state index in [4.69, 9.17) is 18.6 Å². The van der Waals surface area contributed by atoms with Crippen LogP contribution in [0.4, 0.5) is 0 Å². The molecule has 2 fully saturated rings. The molecule has 0 aromatic heterocycles. The second-order valence-electron chi connectivity index (χ2n) is 9.45. The van der Waals surface area contributed by atoms with Gasteiger partial charge in [0.25, 0.3) is 0 Å². The maximum atomic E-state index is 6.19. The third-order valence-corrected chi connectivity index (χ3v) is 6.13. The summed E-state index contributed by atoms with van der Waals surface area (Å²) in [6.45, 7) is 18.7. The first-order valence-corrected chi connectivity index (χ1v) is 10.1. The summed E-state index contributed by atoms with van der Waals surface area (Å²) < 4.78 is 24.4. The first kappa shape index (κ1) is 22.5. The molecule has 0 radical (unpaired) electrons. The molecule has 2 heterocycles. The van der Waals surface area contributed by atoms with Gasteiger partial charge < -0.3 is 18.6 Å². The van der Waals surface area contributed by atoms with Gasteiger partial charge in [-0.25, -0.2) is 0 Å². The molecule has 27 heavy (non-hydrogen) atoms. The Kier molecular flexibility index (Phi) is 6.58. The van der Waals surface area contributed by atoms with Crippen LogP contribution >= 0.6 is 0 Å². The molecule has 2 aliphatic heterocycles. The van der Waals surface area contributed by atoms with Crippen molar-refractivity contribution in [3.05, 3.63) is 35.8 Å². The predicted molar refractivity (Wildman–Crippen MR) is 113 cm³/mol. The minimum Gasteiger partial charge on any atom is -0.400 e. The molecule has 2 aliphatic rings. The van der Waals surface area contributed by atoms with Gasteiger partial charge in [-0.15, -0.1) is 0 Å². The fourth-order valence-electron chi connectivity index (χ4n) is 2.82. The van der Waals surface area contributed by atoms with Gasteiger partial charge in [0.05, 0.1) is 22.4 Å². The van der Waals surface area contributed by atoms with Gasteiger partial charge in [-0.3, -0.25) is 0 Å². The summed E-state index contributed by atoms with van der Waals surface area (Å²) in [7, 11) is -0.678. The van der Waals surface area contributed by atoms with Crippen LogP contribution in [0.1, 0.15) is 75.2 Å². The zero-order valence-corrected chi connectivity index (χ0v) is 18.6. The molecule has 0 aromatic rings. The Labute approximate surface area is 166 Å². The van der Waals surface area contributed by atoms with Gasteiger partial charge in [0.1, 0.15) is 0 Å². The quantitative estimate of drug-likeness (QED) is 0.480. The Morgan fingerprint density at radius 1 is 0.741 bits per heavy atom. The van der Waals surface area contributed by atoms with Crippen LogP contribution in [0.3, 0.4) is 0 Å². The molecule has 0 bridgehead atoms. The molecular formula is C21H36B2O4. The van der Waals surface area contributed by atoms with Gasteiger partial charge in [-0.05, 0) is 67.3 Å². The van der Waals surface area contributed by atoms with Crippen molar-refractivity contribution in [1.82, 2.24) is 0 Å². The van der Waals surface area contributed by atoms with E-state index in [0.29, 0.717) is 0 Å². The monoisotopic (exact) mass is 374 g/mol. The second-order valence-corrected chi connectivity index (χ2v) is 9.45. The summed E-state index contributed by atoms with van der Waals surface area (Å²) in [5.74, 6) is 1.94. The number of hydrogen-bond donors (Lipinski definition) is 0. The van der Waals surface area contributed by atoms with Gasteiger partial charge in [0, 0.05) is 0 Å². The number of unbranched alkanes of at least 4 members (excludes halogenated alkanes) is 1. The van der Waals surface area contributed by atoms with E-state index in [1.165, 1.54) is 0 Å². The third kappa shape index (κ3) is 4.97. The highest BCUT2D eigenvalue weighted by Crippen LogP contribution is 2.39. The Morgan fingerprint density at radius 2 is 1.22 bits per heavy atom. The van der Waals surface area contributed by atoms with Crippen LogP contribution < -0.4 is 0 Å². The minimum absolute atomic E-state index is 0.319. The van der Waals surface area contributed by atoms with Crippen LogP contribution in [-0.2, 0) is 18.6 Å². The summed E-state index contributed by atoms with van der Waals surface area (Å²) in [5.41, 5.74) is -0.264. The smallest absolute Gasteiger partial charge is 0.400 e. The highest BCUT2D eigenvalue weighted by Gasteiger charge is 2.52. The van der Waals surface area contributed by atoms with Crippen LogP contribution in [0.2, 0.25) is 0 Å². The van der Waals surface area contributed by atoms with Crippen LogP contribution in [0.25, 0.3) is 0 Å². The van der Waals surface area contributed by atoms with Gasteiger partial charge in [0.2, 0.25) is 0 Å². The van der Waals surface area contributed by atoms with Crippen molar-refractivity contribution in [1.29, 1.82) is 0 Å². The molecule has 2 saturated heterocycles. The van der Waals surface area contributed by atoms with E-state index in [1.807, 2.05) is 18.1 Å². The van der Waals surface area contributed by atoms with E-state index < -0.39 is 0 Å². The maximum Gasteiger partial charge on any atom is 0.494 e. The molecule has 6 heteroatoms. The average Bonchev–Trinajstić information content (AvgIpc) is 2.85. The summed E-state index contributed by atoms with van der Waals surface area (Å²) >= 11 is 0. The standard InChI is InChI=1S/C21H36B2O4/c1-10-11-14-17(23-26-20(6,7)21(8,9)27-23)15-12-13-16-22-24-18(2,3)19(4,5)25-22/h12-16H,10-11H2,1-9H3/b15-12+,16-13+,17-14+. The Balaban J connectivity index is 2.05. The van der Waals surface area contributed by atoms with Gasteiger partial charge >= 0.3 is 14.2 Å². The predicted octanol–water partition coefficient (Wildman–Crippen LogP) is 5.09. The van der Waals surface area contributed by atoms with Crippen molar-refractivity contribution >= 4 is 14.2 Å². The summed E-state index contributed by atoms with van der Waals surface area (Å²) in [4.78, 5) is 0. The molecular weight excluding hydrogens is 338 g/mol. The van der Waals surface area contributed by atoms with Gasteiger partial charge in [-0.2, -0.15) is 0 Å². The first-order valence-electron chi connectivity index (χ1n) is 10.1. The van der Waals surface area contributed by atoms with Crippen LogP contribution in [0, 0.1) is 0 Å². The number of rotatable bonds is 6. The lowest BCUT2D eigenvalue weighted by atomic mass is 9.77. The number of allylic oxidation sites excluding steroid dienone is 5. The fourth-order valence-corrected chi connectivity index (χ4v) is 2.82. The summed E-state index contributed by atoms with van der Waals surface area (Å²) in [6.07, 6.45) is 10.3. The zero-order chi connectivity index (χ0) is 20.5. The molecule has 2 rings (SSSR count). The van der Waals surface area contributed by atoms with Gasteiger partial charge in [-0.1, -0.05) is 43.6 Å². The van der Waals surface area contributed by atoms with Crippen LogP contribution in [0.15, 0.2) is 35.8 Å². The van der Waals surface area contributed by atoms with E-state index in [0.717, 1.165) is 18.3 Å².